The summed E-state index contributed by atoms with van der Waals surface area (Å²) in [6, 6.07) is 10.5. The monoisotopic (exact) mass is 225 g/mol. The van der Waals surface area contributed by atoms with E-state index in [1.54, 1.807) is 6.20 Å². The lowest BCUT2D eigenvalue weighted by molar-refractivity contribution is 1.12. The number of aromatic nitrogens is 2. The molecule has 1 saturated carbocycles. The third-order valence-electron chi connectivity index (χ3n) is 3.13. The topological polar surface area (TPSA) is 37.8 Å². The number of hydrogen-bond donors (Lipinski definition) is 1. The molecule has 0 radical (unpaired) electrons. The minimum Gasteiger partial charge on any atom is -0.373 e. The van der Waals surface area contributed by atoms with E-state index in [0.717, 1.165) is 23.1 Å². The van der Waals surface area contributed by atoms with Crippen LogP contribution in [0.4, 0.5) is 5.82 Å². The first kappa shape index (κ1) is 10.3. The maximum atomic E-state index is 4.43. The van der Waals surface area contributed by atoms with Gasteiger partial charge in [0.25, 0.3) is 0 Å². The number of benzene rings is 1. The third kappa shape index (κ3) is 2.13. The van der Waals surface area contributed by atoms with Crippen LogP contribution in [0.5, 0.6) is 0 Å². The first-order valence-corrected chi connectivity index (χ1v) is 5.98. The summed E-state index contributed by atoms with van der Waals surface area (Å²) in [5.41, 5.74) is 2.52. The smallest absolute Gasteiger partial charge is 0.161 e. The Labute approximate surface area is 101 Å². The Bertz CT molecular complexity index is 515. The molecule has 86 valence electrons. The molecule has 1 heterocycles. The lowest BCUT2D eigenvalue weighted by Crippen LogP contribution is -1.95. The maximum Gasteiger partial charge on any atom is 0.161 e. The van der Waals surface area contributed by atoms with Crippen LogP contribution in [0.3, 0.4) is 0 Å². The molecule has 1 aliphatic rings. The average molecular weight is 225 g/mol. The van der Waals surface area contributed by atoms with E-state index in [4.69, 9.17) is 0 Å². The van der Waals surface area contributed by atoms with E-state index in [9.17, 15) is 0 Å². The van der Waals surface area contributed by atoms with Crippen molar-refractivity contribution in [2.45, 2.75) is 18.8 Å². The molecule has 0 aliphatic heterocycles. The highest BCUT2D eigenvalue weighted by atomic mass is 15.0. The molecular weight excluding hydrogens is 210 g/mol. The van der Waals surface area contributed by atoms with Gasteiger partial charge >= 0.3 is 0 Å². The SMILES string of the molecule is CNc1ccnc(-c2ccc(C3CC3)cc2)n1. The van der Waals surface area contributed by atoms with Gasteiger partial charge in [0.1, 0.15) is 5.82 Å². The molecule has 0 atom stereocenters. The summed E-state index contributed by atoms with van der Waals surface area (Å²) in [5, 5.41) is 3.03. The number of hydrogen-bond acceptors (Lipinski definition) is 3. The van der Waals surface area contributed by atoms with Gasteiger partial charge in [-0.25, -0.2) is 9.97 Å². The van der Waals surface area contributed by atoms with Gasteiger partial charge < -0.3 is 5.32 Å². The van der Waals surface area contributed by atoms with Crippen LogP contribution in [0, 0.1) is 0 Å². The third-order valence-corrected chi connectivity index (χ3v) is 3.13. The Morgan fingerprint density at radius 1 is 1.12 bits per heavy atom. The van der Waals surface area contributed by atoms with Crippen molar-refractivity contribution in [1.82, 2.24) is 9.97 Å². The molecule has 0 spiro atoms. The summed E-state index contributed by atoms with van der Waals surface area (Å²) >= 11 is 0. The molecule has 0 bridgehead atoms. The molecule has 1 aromatic carbocycles. The van der Waals surface area contributed by atoms with Crippen molar-refractivity contribution in [3.05, 3.63) is 42.1 Å². The Morgan fingerprint density at radius 2 is 1.88 bits per heavy atom. The van der Waals surface area contributed by atoms with Gasteiger partial charge in [-0.05, 0) is 30.4 Å². The quantitative estimate of drug-likeness (QED) is 0.872. The van der Waals surface area contributed by atoms with Crippen LogP contribution in [0.1, 0.15) is 24.3 Å². The molecule has 0 amide bonds. The van der Waals surface area contributed by atoms with Gasteiger partial charge in [0.2, 0.25) is 0 Å². The Balaban J connectivity index is 1.91. The molecule has 1 N–H and O–H groups in total. The van der Waals surface area contributed by atoms with Crippen molar-refractivity contribution in [1.29, 1.82) is 0 Å². The van der Waals surface area contributed by atoms with Crippen molar-refractivity contribution >= 4 is 5.82 Å². The molecular formula is C14H15N3. The van der Waals surface area contributed by atoms with E-state index in [1.807, 2.05) is 13.1 Å². The van der Waals surface area contributed by atoms with Crippen LogP contribution in [0.2, 0.25) is 0 Å². The molecule has 0 unspecified atom stereocenters. The zero-order valence-corrected chi connectivity index (χ0v) is 9.85. The fourth-order valence-corrected chi connectivity index (χ4v) is 1.96. The summed E-state index contributed by atoms with van der Waals surface area (Å²) < 4.78 is 0. The predicted octanol–water partition coefficient (Wildman–Crippen LogP) is 3.06. The maximum absolute atomic E-state index is 4.43. The minimum absolute atomic E-state index is 0.777. The second-order valence-corrected chi connectivity index (χ2v) is 4.41. The van der Waals surface area contributed by atoms with Crippen LogP contribution >= 0.6 is 0 Å². The van der Waals surface area contributed by atoms with Crippen LogP contribution in [0.25, 0.3) is 11.4 Å². The van der Waals surface area contributed by atoms with Crippen LogP contribution in [0.15, 0.2) is 36.5 Å². The first-order valence-electron chi connectivity index (χ1n) is 5.98. The van der Waals surface area contributed by atoms with Crippen molar-refractivity contribution in [3.8, 4) is 11.4 Å². The van der Waals surface area contributed by atoms with E-state index < -0.39 is 0 Å². The van der Waals surface area contributed by atoms with E-state index in [1.165, 1.54) is 18.4 Å². The summed E-state index contributed by atoms with van der Waals surface area (Å²) in [4.78, 5) is 8.73. The van der Waals surface area contributed by atoms with Crippen molar-refractivity contribution in [2.75, 3.05) is 12.4 Å². The molecule has 17 heavy (non-hydrogen) atoms. The Kier molecular flexibility index (Phi) is 2.52. The molecule has 2 aromatic rings. The zero-order valence-electron chi connectivity index (χ0n) is 9.85. The van der Waals surface area contributed by atoms with Crippen LogP contribution in [-0.2, 0) is 0 Å². The fraction of sp³-hybridized carbons (Fsp3) is 0.286. The molecule has 3 heteroatoms. The number of rotatable bonds is 3. The van der Waals surface area contributed by atoms with Crippen LogP contribution in [-0.4, -0.2) is 17.0 Å². The van der Waals surface area contributed by atoms with Crippen molar-refractivity contribution < 1.29 is 0 Å². The molecule has 1 aliphatic carbocycles. The first-order chi connectivity index (χ1) is 8.36. The Morgan fingerprint density at radius 3 is 2.53 bits per heavy atom. The van der Waals surface area contributed by atoms with E-state index in [2.05, 4.69) is 39.6 Å². The lowest BCUT2D eigenvalue weighted by Gasteiger charge is -2.04. The van der Waals surface area contributed by atoms with Gasteiger partial charge in [-0.3, -0.25) is 0 Å². The van der Waals surface area contributed by atoms with Gasteiger partial charge in [0.05, 0.1) is 0 Å². The lowest BCUT2D eigenvalue weighted by atomic mass is 10.1. The highest BCUT2D eigenvalue weighted by Gasteiger charge is 2.23. The largest absolute Gasteiger partial charge is 0.373 e. The zero-order chi connectivity index (χ0) is 11.7. The standard InChI is InChI=1S/C14H15N3/c1-15-13-8-9-16-14(17-13)12-6-4-11(5-7-12)10-2-3-10/h4-10H,2-3H2,1H3,(H,15,16,17). The number of nitrogens with one attached hydrogen (secondary N) is 1. The van der Waals surface area contributed by atoms with E-state index >= 15 is 0 Å². The minimum atomic E-state index is 0.777. The van der Waals surface area contributed by atoms with Crippen LogP contribution < -0.4 is 5.32 Å². The summed E-state index contributed by atoms with van der Waals surface area (Å²) in [6.07, 6.45) is 4.46. The second kappa shape index (κ2) is 4.17. The second-order valence-electron chi connectivity index (χ2n) is 4.41. The van der Waals surface area contributed by atoms with Crippen molar-refractivity contribution in [3.63, 3.8) is 0 Å². The highest BCUT2D eigenvalue weighted by molar-refractivity contribution is 5.57. The molecule has 0 saturated heterocycles. The van der Waals surface area contributed by atoms with E-state index in [0.29, 0.717) is 0 Å². The highest BCUT2D eigenvalue weighted by Crippen LogP contribution is 2.40. The average Bonchev–Trinajstić information content (AvgIpc) is 3.23. The predicted molar refractivity (Wildman–Crippen MR) is 69.0 cm³/mol. The van der Waals surface area contributed by atoms with Gasteiger partial charge in [-0.1, -0.05) is 24.3 Å². The molecule has 3 nitrogen and oxygen atoms in total. The molecule has 1 fully saturated rings. The summed E-state index contributed by atoms with van der Waals surface area (Å²) in [7, 11) is 1.86. The van der Waals surface area contributed by atoms with Gasteiger partial charge in [-0.2, -0.15) is 0 Å². The van der Waals surface area contributed by atoms with Gasteiger partial charge in [-0.15, -0.1) is 0 Å². The molecule has 1 aromatic heterocycles. The normalized spacial score (nSPS) is 14.6. The fourth-order valence-electron chi connectivity index (χ4n) is 1.96. The van der Waals surface area contributed by atoms with Gasteiger partial charge in [0, 0.05) is 18.8 Å². The number of nitrogens with zero attached hydrogens (tertiary/aromatic N) is 2. The summed E-state index contributed by atoms with van der Waals surface area (Å²) in [6.45, 7) is 0. The van der Waals surface area contributed by atoms with E-state index in [-0.39, 0.29) is 0 Å². The Hall–Kier alpha value is -1.90. The molecule has 3 rings (SSSR count). The number of anilines is 1. The van der Waals surface area contributed by atoms with Gasteiger partial charge in [0.15, 0.2) is 5.82 Å². The summed E-state index contributed by atoms with van der Waals surface area (Å²) in [5.74, 6) is 2.43. The van der Waals surface area contributed by atoms with Crippen molar-refractivity contribution in [2.24, 2.45) is 0 Å².